The Bertz CT molecular complexity index is 537. The molecule has 2 rings (SSSR count). The maximum absolute atomic E-state index is 5.35. The SMILES string of the molecule is CCNC(=NCC1CCCS1)NCCc1ccc(OC)c(OC)c1.I. The van der Waals surface area contributed by atoms with Crippen LogP contribution in [0.15, 0.2) is 23.2 Å². The van der Waals surface area contributed by atoms with Crippen LogP contribution in [-0.4, -0.2) is 50.8 Å². The average molecular weight is 479 g/mol. The lowest BCUT2D eigenvalue weighted by Gasteiger charge is -2.13. The molecule has 1 aromatic carbocycles. The molecule has 0 radical (unpaired) electrons. The molecular weight excluding hydrogens is 449 g/mol. The summed E-state index contributed by atoms with van der Waals surface area (Å²) in [6.07, 6.45) is 3.52. The lowest BCUT2D eigenvalue weighted by molar-refractivity contribution is 0.354. The second-order valence-electron chi connectivity index (χ2n) is 5.72. The molecule has 1 aromatic rings. The van der Waals surface area contributed by atoms with Crippen molar-refractivity contribution >= 4 is 41.7 Å². The van der Waals surface area contributed by atoms with E-state index in [1.807, 2.05) is 23.9 Å². The minimum absolute atomic E-state index is 0. The highest BCUT2D eigenvalue weighted by molar-refractivity contribution is 14.0. The molecule has 1 unspecified atom stereocenters. The molecule has 1 atom stereocenters. The van der Waals surface area contributed by atoms with Crippen LogP contribution in [0.1, 0.15) is 25.3 Å². The third-order valence-electron chi connectivity index (χ3n) is 3.98. The maximum Gasteiger partial charge on any atom is 0.191 e. The van der Waals surface area contributed by atoms with Gasteiger partial charge in [-0.05, 0) is 49.6 Å². The molecular formula is C18H30IN3O2S. The molecule has 0 aromatic heterocycles. The topological polar surface area (TPSA) is 54.9 Å². The van der Waals surface area contributed by atoms with E-state index in [-0.39, 0.29) is 24.0 Å². The third kappa shape index (κ3) is 7.52. The van der Waals surface area contributed by atoms with Crippen LogP contribution < -0.4 is 20.1 Å². The van der Waals surface area contributed by atoms with Crippen LogP contribution in [0.25, 0.3) is 0 Å². The summed E-state index contributed by atoms with van der Waals surface area (Å²) in [4.78, 5) is 4.72. The first kappa shape index (κ1) is 22.2. The fourth-order valence-electron chi connectivity index (χ4n) is 2.68. The molecule has 0 saturated carbocycles. The number of nitrogens with one attached hydrogen (secondary N) is 2. The van der Waals surface area contributed by atoms with E-state index in [0.717, 1.165) is 43.5 Å². The van der Waals surface area contributed by atoms with E-state index in [4.69, 9.17) is 14.5 Å². The van der Waals surface area contributed by atoms with Gasteiger partial charge < -0.3 is 20.1 Å². The van der Waals surface area contributed by atoms with E-state index in [0.29, 0.717) is 5.25 Å². The summed E-state index contributed by atoms with van der Waals surface area (Å²) in [5.41, 5.74) is 1.21. The van der Waals surface area contributed by atoms with E-state index in [2.05, 4.69) is 23.6 Å². The number of rotatable bonds is 8. The Balaban J connectivity index is 0.00000312. The zero-order valence-electron chi connectivity index (χ0n) is 15.3. The number of thioether (sulfide) groups is 1. The number of nitrogens with zero attached hydrogens (tertiary/aromatic N) is 1. The fraction of sp³-hybridized carbons (Fsp3) is 0.611. The molecule has 1 heterocycles. The molecule has 7 heteroatoms. The summed E-state index contributed by atoms with van der Waals surface area (Å²) in [6, 6.07) is 6.05. The minimum Gasteiger partial charge on any atom is -0.493 e. The lowest BCUT2D eigenvalue weighted by atomic mass is 10.1. The molecule has 1 aliphatic rings. The van der Waals surface area contributed by atoms with Crippen molar-refractivity contribution in [3.63, 3.8) is 0 Å². The summed E-state index contributed by atoms with van der Waals surface area (Å²) in [5.74, 6) is 3.72. The van der Waals surface area contributed by atoms with Crippen molar-refractivity contribution in [3.05, 3.63) is 23.8 Å². The van der Waals surface area contributed by atoms with Crippen LogP contribution >= 0.6 is 35.7 Å². The van der Waals surface area contributed by atoms with Gasteiger partial charge >= 0.3 is 0 Å². The molecule has 0 aliphatic carbocycles. The van der Waals surface area contributed by atoms with Gasteiger partial charge in [-0.15, -0.1) is 24.0 Å². The lowest BCUT2D eigenvalue weighted by Crippen LogP contribution is -2.38. The van der Waals surface area contributed by atoms with E-state index in [9.17, 15) is 0 Å². The number of aliphatic imine (C=N–C) groups is 1. The van der Waals surface area contributed by atoms with Gasteiger partial charge in [0.2, 0.25) is 0 Å². The molecule has 25 heavy (non-hydrogen) atoms. The number of methoxy groups -OCH3 is 2. The Kier molecular flexibility index (Phi) is 11.1. The summed E-state index contributed by atoms with van der Waals surface area (Å²) in [5, 5.41) is 7.42. The molecule has 1 saturated heterocycles. The Morgan fingerprint density at radius 3 is 2.68 bits per heavy atom. The summed E-state index contributed by atoms with van der Waals surface area (Å²) in [7, 11) is 3.32. The molecule has 0 bridgehead atoms. The van der Waals surface area contributed by atoms with Crippen LogP contribution in [0, 0.1) is 0 Å². The van der Waals surface area contributed by atoms with Gasteiger partial charge in [0, 0.05) is 18.3 Å². The number of benzene rings is 1. The van der Waals surface area contributed by atoms with E-state index in [1.54, 1.807) is 14.2 Å². The van der Waals surface area contributed by atoms with Gasteiger partial charge in [0.05, 0.1) is 20.8 Å². The Morgan fingerprint density at radius 1 is 1.24 bits per heavy atom. The normalized spacial score (nSPS) is 16.9. The molecule has 0 amide bonds. The molecule has 0 spiro atoms. The Morgan fingerprint density at radius 2 is 2.04 bits per heavy atom. The van der Waals surface area contributed by atoms with Gasteiger partial charge in [0.25, 0.3) is 0 Å². The van der Waals surface area contributed by atoms with E-state index < -0.39 is 0 Å². The summed E-state index contributed by atoms with van der Waals surface area (Å²) < 4.78 is 10.6. The average Bonchev–Trinajstić information content (AvgIpc) is 3.13. The van der Waals surface area contributed by atoms with Crippen molar-refractivity contribution in [2.75, 3.05) is 39.6 Å². The first-order valence-corrected chi connectivity index (χ1v) is 9.66. The predicted octanol–water partition coefficient (Wildman–Crippen LogP) is 3.32. The molecule has 5 nitrogen and oxygen atoms in total. The van der Waals surface area contributed by atoms with Gasteiger partial charge in [-0.25, -0.2) is 0 Å². The first-order valence-electron chi connectivity index (χ1n) is 8.61. The number of hydrogen-bond acceptors (Lipinski definition) is 4. The zero-order valence-corrected chi connectivity index (χ0v) is 18.5. The number of halogens is 1. The van der Waals surface area contributed by atoms with Gasteiger partial charge in [0.1, 0.15) is 0 Å². The predicted molar refractivity (Wildman–Crippen MR) is 118 cm³/mol. The van der Waals surface area contributed by atoms with Crippen LogP contribution in [0.4, 0.5) is 0 Å². The zero-order chi connectivity index (χ0) is 17.2. The van der Waals surface area contributed by atoms with E-state index in [1.165, 1.54) is 24.2 Å². The van der Waals surface area contributed by atoms with Crippen molar-refractivity contribution in [2.24, 2.45) is 4.99 Å². The van der Waals surface area contributed by atoms with Crippen LogP contribution in [0.3, 0.4) is 0 Å². The Hall–Kier alpha value is -0.830. The number of ether oxygens (including phenoxy) is 2. The monoisotopic (exact) mass is 479 g/mol. The standard InChI is InChI=1S/C18H29N3O2S.HI/c1-4-19-18(21-13-15-6-5-11-24-15)20-10-9-14-7-8-16(22-2)17(12-14)23-3;/h7-8,12,15H,4-6,9-11,13H2,1-3H3,(H2,19,20,21);1H. The summed E-state index contributed by atoms with van der Waals surface area (Å²) in [6.45, 7) is 4.70. The van der Waals surface area contributed by atoms with Crippen LogP contribution in [-0.2, 0) is 6.42 Å². The van der Waals surface area contributed by atoms with Crippen LogP contribution in [0.2, 0.25) is 0 Å². The number of hydrogen-bond donors (Lipinski definition) is 2. The highest BCUT2D eigenvalue weighted by Gasteiger charge is 2.14. The highest BCUT2D eigenvalue weighted by Crippen LogP contribution is 2.27. The van der Waals surface area contributed by atoms with Gasteiger partial charge in [-0.1, -0.05) is 6.07 Å². The smallest absolute Gasteiger partial charge is 0.191 e. The van der Waals surface area contributed by atoms with Gasteiger partial charge in [0.15, 0.2) is 17.5 Å². The van der Waals surface area contributed by atoms with Crippen molar-refractivity contribution in [1.29, 1.82) is 0 Å². The molecule has 1 fully saturated rings. The van der Waals surface area contributed by atoms with Gasteiger partial charge in [-0.2, -0.15) is 11.8 Å². The maximum atomic E-state index is 5.35. The minimum atomic E-state index is 0. The fourth-order valence-corrected chi connectivity index (χ4v) is 3.86. The second-order valence-corrected chi connectivity index (χ2v) is 7.13. The van der Waals surface area contributed by atoms with Gasteiger partial charge in [-0.3, -0.25) is 4.99 Å². The van der Waals surface area contributed by atoms with Crippen molar-refractivity contribution in [2.45, 2.75) is 31.4 Å². The third-order valence-corrected chi connectivity index (χ3v) is 5.36. The van der Waals surface area contributed by atoms with Crippen molar-refractivity contribution in [3.8, 4) is 11.5 Å². The second kappa shape index (κ2) is 12.5. The summed E-state index contributed by atoms with van der Waals surface area (Å²) >= 11 is 2.04. The van der Waals surface area contributed by atoms with E-state index >= 15 is 0 Å². The quantitative estimate of drug-likeness (QED) is 0.341. The molecule has 142 valence electrons. The Labute approximate surface area is 172 Å². The molecule has 1 aliphatic heterocycles. The first-order chi connectivity index (χ1) is 11.8. The molecule has 2 N–H and O–H groups in total. The van der Waals surface area contributed by atoms with Crippen molar-refractivity contribution < 1.29 is 9.47 Å². The highest BCUT2D eigenvalue weighted by atomic mass is 127. The number of guanidine groups is 1. The van der Waals surface area contributed by atoms with Crippen molar-refractivity contribution in [1.82, 2.24) is 10.6 Å². The van der Waals surface area contributed by atoms with Crippen LogP contribution in [0.5, 0.6) is 11.5 Å². The largest absolute Gasteiger partial charge is 0.493 e.